The zero-order valence-electron chi connectivity index (χ0n) is 17.4. The van der Waals surface area contributed by atoms with Gasteiger partial charge in [0.15, 0.2) is 17.1 Å². The standard InChI is InChI=1S/C19H19F3N10O/c1-18(2)10-4-3-9(7-11(10)26-8-12(18)33)27-16(23)28-13-14(25-6-5-24-13)29-17-30-15(31-32-17)19(20,21)22/h3-7,26H,8H2,1-2H3,(H3,23,24,27,28)(H2,25,29,30,31,32). The second kappa shape index (κ2) is 8.03. The molecule has 0 amide bonds. The summed E-state index contributed by atoms with van der Waals surface area (Å²) in [4.78, 5) is 26.3. The number of nitrogens with one attached hydrogen (secondary N) is 6. The second-order valence-electron chi connectivity index (χ2n) is 7.66. The van der Waals surface area contributed by atoms with Crippen molar-refractivity contribution in [2.45, 2.75) is 25.4 Å². The first-order chi connectivity index (χ1) is 15.5. The maximum Gasteiger partial charge on any atom is 0.451 e. The number of benzene rings is 1. The van der Waals surface area contributed by atoms with E-state index in [1.165, 1.54) is 12.4 Å². The molecule has 3 aromatic rings. The summed E-state index contributed by atoms with van der Waals surface area (Å²) in [5, 5.41) is 21.8. The van der Waals surface area contributed by atoms with E-state index in [0.29, 0.717) is 5.69 Å². The van der Waals surface area contributed by atoms with Crippen LogP contribution in [0, 0.1) is 5.41 Å². The van der Waals surface area contributed by atoms with E-state index >= 15 is 0 Å². The number of hydrogen-bond acceptors (Lipinski definition) is 7. The van der Waals surface area contributed by atoms with Crippen LogP contribution in [0.1, 0.15) is 25.2 Å². The van der Waals surface area contributed by atoms with Crippen molar-refractivity contribution in [2.75, 3.05) is 22.5 Å². The molecule has 1 aromatic carbocycles. The SMILES string of the molecule is CC1(C)C(=O)CNc2cc(NC(=N)/N=c3\[nH]ccnc3Nc3n[nH]c(C(F)(F)F)n3)ccc21. The lowest BCUT2D eigenvalue weighted by Crippen LogP contribution is -2.39. The van der Waals surface area contributed by atoms with E-state index in [4.69, 9.17) is 5.41 Å². The molecule has 0 fully saturated rings. The predicted octanol–water partition coefficient (Wildman–Crippen LogP) is 2.51. The van der Waals surface area contributed by atoms with Crippen LogP contribution in [0.15, 0.2) is 35.6 Å². The van der Waals surface area contributed by atoms with Crippen LogP contribution in [0.4, 0.5) is 36.3 Å². The highest BCUT2D eigenvalue weighted by atomic mass is 19.4. The summed E-state index contributed by atoms with van der Waals surface area (Å²) in [5.41, 5.74) is 1.63. The smallest absolute Gasteiger partial charge is 0.378 e. The molecule has 6 N–H and O–H groups in total. The number of hydrogen-bond donors (Lipinski definition) is 6. The van der Waals surface area contributed by atoms with Gasteiger partial charge in [-0.1, -0.05) is 6.07 Å². The Morgan fingerprint density at radius 3 is 2.82 bits per heavy atom. The van der Waals surface area contributed by atoms with Crippen LogP contribution >= 0.6 is 0 Å². The number of aromatic amines is 2. The molecule has 0 spiro atoms. The fraction of sp³-hybridized carbons (Fsp3) is 0.263. The summed E-state index contributed by atoms with van der Waals surface area (Å²) >= 11 is 0. The van der Waals surface area contributed by atoms with Crippen molar-refractivity contribution in [3.63, 3.8) is 0 Å². The third kappa shape index (κ3) is 4.53. The number of guanidine groups is 1. The third-order valence-corrected chi connectivity index (χ3v) is 5.02. The molecular weight excluding hydrogens is 441 g/mol. The number of alkyl halides is 3. The molecule has 1 aliphatic heterocycles. The number of rotatable bonds is 3. The summed E-state index contributed by atoms with van der Waals surface area (Å²) in [6.07, 6.45) is -1.87. The number of aromatic nitrogens is 5. The van der Waals surface area contributed by atoms with Crippen LogP contribution in [0.2, 0.25) is 0 Å². The molecule has 11 nitrogen and oxygen atoms in total. The lowest BCUT2D eigenvalue weighted by Gasteiger charge is -2.32. The highest BCUT2D eigenvalue weighted by Gasteiger charge is 2.36. The molecule has 0 saturated heterocycles. The van der Waals surface area contributed by atoms with E-state index in [2.05, 4.69) is 41.0 Å². The lowest BCUT2D eigenvalue weighted by molar-refractivity contribution is -0.144. The first kappa shape index (κ1) is 22.0. The van der Waals surface area contributed by atoms with Crippen LogP contribution in [-0.4, -0.2) is 43.4 Å². The van der Waals surface area contributed by atoms with Gasteiger partial charge in [0.1, 0.15) is 0 Å². The Kier molecular flexibility index (Phi) is 5.35. The summed E-state index contributed by atoms with van der Waals surface area (Å²) in [7, 11) is 0. The number of ketones is 1. The maximum absolute atomic E-state index is 12.7. The van der Waals surface area contributed by atoms with E-state index in [1.54, 1.807) is 23.3 Å². The Morgan fingerprint density at radius 1 is 1.30 bits per heavy atom. The first-order valence-corrected chi connectivity index (χ1v) is 9.66. The average molecular weight is 460 g/mol. The van der Waals surface area contributed by atoms with Crippen molar-refractivity contribution in [1.29, 1.82) is 5.41 Å². The minimum absolute atomic E-state index is 0.0177. The minimum atomic E-state index is -4.67. The van der Waals surface area contributed by atoms with E-state index < -0.39 is 17.4 Å². The van der Waals surface area contributed by atoms with Crippen LogP contribution < -0.4 is 21.4 Å². The number of carbonyl (C=O) groups is 1. The van der Waals surface area contributed by atoms with Crippen LogP contribution in [0.3, 0.4) is 0 Å². The van der Waals surface area contributed by atoms with Crippen molar-refractivity contribution in [3.05, 3.63) is 47.5 Å². The molecule has 0 radical (unpaired) electrons. The molecule has 2 aromatic heterocycles. The molecule has 33 heavy (non-hydrogen) atoms. The Hall–Kier alpha value is -4.23. The van der Waals surface area contributed by atoms with Gasteiger partial charge in [0.25, 0.3) is 0 Å². The van der Waals surface area contributed by atoms with E-state index in [9.17, 15) is 18.0 Å². The molecule has 0 bridgehead atoms. The summed E-state index contributed by atoms with van der Waals surface area (Å²) in [6.45, 7) is 3.93. The molecule has 3 heterocycles. The van der Waals surface area contributed by atoms with Crippen molar-refractivity contribution >= 4 is 34.9 Å². The van der Waals surface area contributed by atoms with Gasteiger partial charge < -0.3 is 20.9 Å². The summed E-state index contributed by atoms with van der Waals surface area (Å²) in [5.74, 6) is -1.78. The van der Waals surface area contributed by atoms with Crippen LogP contribution in [0.5, 0.6) is 0 Å². The van der Waals surface area contributed by atoms with Crippen molar-refractivity contribution in [2.24, 2.45) is 4.99 Å². The Bertz CT molecular complexity index is 1290. The second-order valence-corrected chi connectivity index (χ2v) is 7.66. The molecule has 4 rings (SSSR count). The molecule has 0 saturated carbocycles. The highest BCUT2D eigenvalue weighted by Crippen LogP contribution is 2.36. The first-order valence-electron chi connectivity index (χ1n) is 9.66. The van der Waals surface area contributed by atoms with Gasteiger partial charge in [-0.05, 0) is 31.5 Å². The van der Waals surface area contributed by atoms with Crippen LogP contribution in [0.25, 0.3) is 0 Å². The Morgan fingerprint density at radius 2 is 2.09 bits per heavy atom. The van der Waals surface area contributed by atoms with Gasteiger partial charge >= 0.3 is 6.18 Å². The van der Waals surface area contributed by atoms with E-state index in [0.717, 1.165) is 11.3 Å². The van der Waals surface area contributed by atoms with Gasteiger partial charge in [-0.15, -0.1) is 5.10 Å². The number of Topliss-reactive ketones (excluding diaryl/α,β-unsaturated/α-hetero) is 1. The largest absolute Gasteiger partial charge is 0.451 e. The fourth-order valence-corrected chi connectivity index (χ4v) is 3.22. The normalized spacial score (nSPS) is 15.5. The highest BCUT2D eigenvalue weighted by molar-refractivity contribution is 5.98. The van der Waals surface area contributed by atoms with Crippen molar-refractivity contribution in [3.8, 4) is 0 Å². The molecule has 1 aliphatic rings. The molecule has 0 unspecified atom stereocenters. The zero-order chi connectivity index (χ0) is 23.8. The number of nitrogens with zero attached hydrogens (tertiary/aromatic N) is 4. The van der Waals surface area contributed by atoms with Crippen LogP contribution in [-0.2, 0) is 16.4 Å². The number of carbonyl (C=O) groups excluding carboxylic acids is 1. The quantitative estimate of drug-likeness (QED) is 0.259. The number of H-pyrrole nitrogens is 2. The third-order valence-electron chi connectivity index (χ3n) is 5.02. The molecule has 14 heteroatoms. The molecule has 0 aliphatic carbocycles. The lowest BCUT2D eigenvalue weighted by atomic mass is 9.77. The van der Waals surface area contributed by atoms with E-state index in [-0.39, 0.29) is 35.5 Å². The minimum Gasteiger partial charge on any atom is -0.378 e. The summed E-state index contributed by atoms with van der Waals surface area (Å²) in [6, 6.07) is 5.30. The monoisotopic (exact) mass is 460 g/mol. The van der Waals surface area contributed by atoms with Gasteiger partial charge in [-0.25, -0.2) is 4.98 Å². The van der Waals surface area contributed by atoms with Gasteiger partial charge in [0.2, 0.25) is 17.7 Å². The predicted molar refractivity (Wildman–Crippen MR) is 113 cm³/mol. The topological polar surface area (TPSA) is 160 Å². The summed E-state index contributed by atoms with van der Waals surface area (Å²) < 4.78 is 38.1. The molecule has 0 atom stereocenters. The molecular formula is C19H19F3N10O. The molecule has 172 valence electrons. The van der Waals surface area contributed by atoms with Gasteiger partial charge in [0.05, 0.1) is 12.0 Å². The fourth-order valence-electron chi connectivity index (χ4n) is 3.22. The Balaban J connectivity index is 1.54. The van der Waals surface area contributed by atoms with Gasteiger partial charge in [0, 0.05) is 23.8 Å². The van der Waals surface area contributed by atoms with Gasteiger partial charge in [-0.2, -0.15) is 23.1 Å². The number of anilines is 4. The van der Waals surface area contributed by atoms with Crippen molar-refractivity contribution in [1.82, 2.24) is 25.1 Å². The number of halogens is 3. The Labute approximate surface area is 184 Å². The number of fused-ring (bicyclic) bond motifs is 1. The average Bonchev–Trinajstić information content (AvgIpc) is 3.21. The van der Waals surface area contributed by atoms with Crippen molar-refractivity contribution < 1.29 is 18.0 Å². The maximum atomic E-state index is 12.7. The van der Waals surface area contributed by atoms with E-state index in [1.807, 2.05) is 13.8 Å². The van der Waals surface area contributed by atoms with Gasteiger partial charge in [-0.3, -0.25) is 15.3 Å². The zero-order valence-corrected chi connectivity index (χ0v) is 17.4.